The Kier molecular flexibility index (Phi) is 6.56. The van der Waals surface area contributed by atoms with Crippen LogP contribution in [0, 0.1) is 4.64 Å². The molecule has 0 unspecified atom stereocenters. The molecule has 4 nitrogen and oxygen atoms in total. The van der Waals surface area contributed by atoms with Gasteiger partial charge in [-0.1, -0.05) is 60.8 Å². The van der Waals surface area contributed by atoms with Crippen molar-refractivity contribution < 1.29 is 9.63 Å². The summed E-state index contributed by atoms with van der Waals surface area (Å²) in [5.41, 5.74) is 1.18. The number of pyridine rings is 1. The van der Waals surface area contributed by atoms with Crippen LogP contribution in [0.15, 0.2) is 60.8 Å². The first-order valence-electron chi connectivity index (χ1n) is 7.49. The monoisotopic (exact) mass is 328 g/mol. The minimum atomic E-state index is -0.417. The van der Waals surface area contributed by atoms with Crippen molar-refractivity contribution in [3.8, 4) is 0 Å². The van der Waals surface area contributed by atoms with Crippen molar-refractivity contribution in [3.63, 3.8) is 0 Å². The summed E-state index contributed by atoms with van der Waals surface area (Å²) in [5, 5.41) is 0. The smallest absolute Gasteiger partial charge is 0.316 e. The molecule has 5 heteroatoms. The van der Waals surface area contributed by atoms with E-state index in [4.69, 9.17) is 17.1 Å². The number of amides is 1. The van der Waals surface area contributed by atoms with Crippen LogP contribution in [-0.4, -0.2) is 29.3 Å². The lowest BCUT2D eigenvalue weighted by Crippen LogP contribution is -2.34. The fourth-order valence-corrected chi connectivity index (χ4v) is 2.14. The molecular formula is C18H20N2O2S. The van der Waals surface area contributed by atoms with Crippen molar-refractivity contribution in [2.24, 2.45) is 0 Å². The third-order valence-corrected chi connectivity index (χ3v) is 3.57. The number of carbonyl (C=O) groups excluding carboxylic acids is 1. The second-order valence-corrected chi connectivity index (χ2v) is 5.52. The van der Waals surface area contributed by atoms with Gasteiger partial charge in [-0.05, 0) is 30.5 Å². The summed E-state index contributed by atoms with van der Waals surface area (Å²) in [6, 6.07) is 15.4. The molecule has 0 saturated heterocycles. The van der Waals surface area contributed by atoms with Crippen LogP contribution in [0.4, 0.5) is 4.79 Å². The first-order chi connectivity index (χ1) is 11.2. The number of carbonyl (C=O) groups is 1. The van der Waals surface area contributed by atoms with Gasteiger partial charge in [-0.25, -0.2) is 4.79 Å². The third kappa shape index (κ3) is 5.71. The van der Waals surface area contributed by atoms with Gasteiger partial charge < -0.3 is 9.74 Å². The lowest BCUT2D eigenvalue weighted by atomic mass is 10.2. The summed E-state index contributed by atoms with van der Waals surface area (Å²) in [6.45, 7) is 0.623. The van der Waals surface area contributed by atoms with Crippen LogP contribution in [0.2, 0.25) is 0 Å². The van der Waals surface area contributed by atoms with Crippen LogP contribution in [0.1, 0.15) is 18.4 Å². The van der Waals surface area contributed by atoms with Gasteiger partial charge in [0.05, 0.1) is 0 Å². The zero-order valence-corrected chi connectivity index (χ0v) is 13.9. The van der Waals surface area contributed by atoms with Crippen molar-refractivity contribution in [1.82, 2.24) is 9.63 Å². The van der Waals surface area contributed by atoms with E-state index in [1.165, 1.54) is 10.3 Å². The van der Waals surface area contributed by atoms with E-state index in [2.05, 4.69) is 24.3 Å². The van der Waals surface area contributed by atoms with E-state index >= 15 is 0 Å². The SMILES string of the molecule is CN(CCC/C=C/c1ccccc1)C(=O)On1ccccc1=S. The minimum Gasteiger partial charge on any atom is -0.316 e. The highest BCUT2D eigenvalue weighted by Gasteiger charge is 2.10. The van der Waals surface area contributed by atoms with Crippen LogP contribution < -0.4 is 4.84 Å². The van der Waals surface area contributed by atoms with E-state index < -0.39 is 6.09 Å². The van der Waals surface area contributed by atoms with Crippen LogP contribution >= 0.6 is 12.2 Å². The highest BCUT2D eigenvalue weighted by Crippen LogP contribution is 2.03. The molecule has 2 rings (SSSR count). The molecule has 23 heavy (non-hydrogen) atoms. The minimum absolute atomic E-state index is 0.417. The van der Waals surface area contributed by atoms with E-state index in [-0.39, 0.29) is 0 Å². The molecule has 0 bridgehead atoms. The number of benzene rings is 1. The Labute approximate surface area is 141 Å². The molecule has 1 aromatic heterocycles. The predicted molar refractivity (Wildman–Crippen MR) is 94.6 cm³/mol. The van der Waals surface area contributed by atoms with Gasteiger partial charge in [-0.15, -0.1) is 0 Å². The quantitative estimate of drug-likeness (QED) is 0.589. The second-order valence-electron chi connectivity index (χ2n) is 5.10. The number of hydrogen-bond acceptors (Lipinski definition) is 3. The molecule has 0 aliphatic rings. The molecule has 0 aliphatic heterocycles. The predicted octanol–water partition coefficient (Wildman–Crippen LogP) is 4.19. The maximum atomic E-state index is 12.0. The van der Waals surface area contributed by atoms with Gasteiger partial charge >= 0.3 is 6.09 Å². The number of rotatable bonds is 6. The van der Waals surface area contributed by atoms with Gasteiger partial charge in [-0.2, -0.15) is 4.73 Å². The maximum Gasteiger partial charge on any atom is 0.434 e. The van der Waals surface area contributed by atoms with Crippen molar-refractivity contribution in [2.75, 3.05) is 13.6 Å². The fraction of sp³-hybridized carbons (Fsp3) is 0.222. The highest BCUT2D eigenvalue weighted by atomic mass is 32.1. The molecule has 120 valence electrons. The molecule has 1 heterocycles. The lowest BCUT2D eigenvalue weighted by Gasteiger charge is -2.16. The molecular weight excluding hydrogens is 308 g/mol. The number of hydrogen-bond donors (Lipinski definition) is 0. The van der Waals surface area contributed by atoms with Gasteiger partial charge in [-0.3, -0.25) is 0 Å². The average molecular weight is 328 g/mol. The van der Waals surface area contributed by atoms with E-state index in [1.54, 1.807) is 36.3 Å². The van der Waals surface area contributed by atoms with Gasteiger partial charge in [0, 0.05) is 19.8 Å². The van der Waals surface area contributed by atoms with Gasteiger partial charge in [0.1, 0.15) is 4.64 Å². The first-order valence-corrected chi connectivity index (χ1v) is 7.90. The highest BCUT2D eigenvalue weighted by molar-refractivity contribution is 7.71. The Morgan fingerprint density at radius 3 is 2.70 bits per heavy atom. The Morgan fingerprint density at radius 1 is 1.22 bits per heavy atom. The molecule has 0 spiro atoms. The summed E-state index contributed by atoms with van der Waals surface area (Å²) in [4.78, 5) is 18.7. The largest absolute Gasteiger partial charge is 0.434 e. The normalized spacial score (nSPS) is 10.7. The zero-order chi connectivity index (χ0) is 16.5. The average Bonchev–Trinajstić information content (AvgIpc) is 2.57. The molecule has 0 fully saturated rings. The number of nitrogens with zero attached hydrogens (tertiary/aromatic N) is 2. The Hall–Kier alpha value is -2.40. The van der Waals surface area contributed by atoms with Crippen molar-refractivity contribution >= 4 is 24.4 Å². The molecule has 0 saturated carbocycles. The molecule has 1 aromatic carbocycles. The van der Waals surface area contributed by atoms with Crippen molar-refractivity contribution in [1.29, 1.82) is 0 Å². The summed E-state index contributed by atoms with van der Waals surface area (Å²) in [7, 11) is 1.72. The zero-order valence-electron chi connectivity index (χ0n) is 13.1. The third-order valence-electron chi connectivity index (χ3n) is 3.25. The fourth-order valence-electron chi connectivity index (χ4n) is 1.96. The molecule has 0 radical (unpaired) electrons. The maximum absolute atomic E-state index is 12.0. The van der Waals surface area contributed by atoms with Crippen LogP contribution in [0.25, 0.3) is 6.08 Å². The van der Waals surface area contributed by atoms with E-state index in [1.807, 2.05) is 18.2 Å². The van der Waals surface area contributed by atoms with Gasteiger partial charge in [0.25, 0.3) is 0 Å². The van der Waals surface area contributed by atoms with Crippen molar-refractivity contribution in [2.45, 2.75) is 12.8 Å². The number of allylic oxidation sites excluding steroid dienone is 1. The number of unbranched alkanes of at least 4 members (excludes halogenated alkanes) is 1. The topological polar surface area (TPSA) is 34.5 Å². The van der Waals surface area contributed by atoms with Crippen LogP contribution in [0.3, 0.4) is 0 Å². The van der Waals surface area contributed by atoms with Crippen LogP contribution in [-0.2, 0) is 0 Å². The van der Waals surface area contributed by atoms with E-state index in [0.717, 1.165) is 12.8 Å². The molecule has 0 aliphatic carbocycles. The lowest BCUT2D eigenvalue weighted by molar-refractivity contribution is 0.0978. The second kappa shape index (κ2) is 8.90. The standard InChI is InChI=1S/C18H20N2O2S/c1-19(18(21)22-20-15-9-7-13-17(20)23)14-8-3-6-12-16-10-4-2-5-11-16/h2,4-7,9-13,15H,3,8,14H2,1H3/b12-6+. The van der Waals surface area contributed by atoms with Gasteiger partial charge in [0.2, 0.25) is 0 Å². The van der Waals surface area contributed by atoms with E-state index in [9.17, 15) is 4.79 Å². The molecule has 2 aromatic rings. The molecule has 1 amide bonds. The summed E-state index contributed by atoms with van der Waals surface area (Å²) in [5.74, 6) is 0. The Bertz CT molecular complexity index is 710. The molecule has 0 N–H and O–H groups in total. The summed E-state index contributed by atoms with van der Waals surface area (Å²) < 4.78 is 1.75. The first kappa shape index (κ1) is 17.0. The number of aromatic nitrogens is 1. The Balaban J connectivity index is 1.73. The summed E-state index contributed by atoms with van der Waals surface area (Å²) in [6.07, 6.45) is 7.17. The van der Waals surface area contributed by atoms with Crippen molar-refractivity contribution in [3.05, 3.63) is 71.0 Å². The summed E-state index contributed by atoms with van der Waals surface area (Å²) >= 11 is 5.08. The Morgan fingerprint density at radius 2 is 1.96 bits per heavy atom. The molecule has 0 atom stereocenters. The van der Waals surface area contributed by atoms with Gasteiger partial charge in [0.15, 0.2) is 0 Å². The van der Waals surface area contributed by atoms with Crippen LogP contribution in [0.5, 0.6) is 0 Å². The van der Waals surface area contributed by atoms with E-state index in [0.29, 0.717) is 11.2 Å².